The molecule has 1 fully saturated rings. The Morgan fingerprint density at radius 1 is 1.31 bits per heavy atom. The molecule has 26 heavy (non-hydrogen) atoms. The molecule has 1 heterocycles. The lowest BCUT2D eigenvalue weighted by molar-refractivity contribution is -0.137. The van der Waals surface area contributed by atoms with E-state index in [0.29, 0.717) is 11.8 Å². The van der Waals surface area contributed by atoms with Crippen LogP contribution in [0.3, 0.4) is 0 Å². The summed E-state index contributed by atoms with van der Waals surface area (Å²) in [7, 11) is 0. The summed E-state index contributed by atoms with van der Waals surface area (Å²) in [4.78, 5) is 14.7. The van der Waals surface area contributed by atoms with Crippen LogP contribution in [-0.2, 0) is 11.2 Å². The number of fused-ring (bicyclic) bond motifs is 1. The molecule has 3 rings (SSSR count). The van der Waals surface area contributed by atoms with Crippen molar-refractivity contribution < 1.29 is 9.90 Å². The zero-order valence-corrected chi connectivity index (χ0v) is 16.4. The quantitative estimate of drug-likeness (QED) is 0.651. The highest BCUT2D eigenvalue weighted by Gasteiger charge is 2.44. The Hall–Kier alpha value is -2.03. The number of aromatic amines is 1. The van der Waals surface area contributed by atoms with Crippen molar-refractivity contribution in [3.8, 4) is 0 Å². The smallest absolute Gasteiger partial charge is 0.303 e. The monoisotopic (exact) mass is 353 g/mol. The van der Waals surface area contributed by atoms with Gasteiger partial charge in [0, 0.05) is 23.5 Å². The third kappa shape index (κ3) is 3.44. The summed E-state index contributed by atoms with van der Waals surface area (Å²) in [6.45, 7) is 9.11. The van der Waals surface area contributed by atoms with E-state index >= 15 is 0 Å². The Morgan fingerprint density at radius 3 is 2.73 bits per heavy atom. The van der Waals surface area contributed by atoms with Crippen LogP contribution in [0, 0.1) is 17.3 Å². The number of H-pyrrole nitrogens is 1. The second kappa shape index (κ2) is 7.30. The molecule has 0 unspecified atom stereocenters. The van der Waals surface area contributed by atoms with Gasteiger partial charge >= 0.3 is 5.97 Å². The van der Waals surface area contributed by atoms with Gasteiger partial charge in [-0.15, -0.1) is 0 Å². The molecule has 0 aliphatic heterocycles. The van der Waals surface area contributed by atoms with Crippen LogP contribution in [0.5, 0.6) is 0 Å². The summed E-state index contributed by atoms with van der Waals surface area (Å²) in [5, 5.41) is 10.6. The van der Waals surface area contributed by atoms with Gasteiger partial charge in [0.15, 0.2) is 0 Å². The maximum atomic E-state index is 11.3. The van der Waals surface area contributed by atoms with Crippen LogP contribution in [0.4, 0.5) is 0 Å². The number of carboxylic acids is 1. The number of allylic oxidation sites excluding steroid dienone is 2. The molecule has 1 saturated carbocycles. The van der Waals surface area contributed by atoms with Gasteiger partial charge < -0.3 is 10.1 Å². The van der Waals surface area contributed by atoms with Gasteiger partial charge in [0.25, 0.3) is 0 Å². The van der Waals surface area contributed by atoms with Crippen molar-refractivity contribution in [2.45, 2.75) is 59.8 Å². The zero-order valence-electron chi connectivity index (χ0n) is 16.4. The van der Waals surface area contributed by atoms with Crippen molar-refractivity contribution >= 4 is 16.9 Å². The Morgan fingerprint density at radius 2 is 2.04 bits per heavy atom. The number of carboxylic acid groups (broad SMARTS) is 1. The number of rotatable bonds is 5. The van der Waals surface area contributed by atoms with Crippen molar-refractivity contribution in [3.05, 3.63) is 47.2 Å². The van der Waals surface area contributed by atoms with Gasteiger partial charge in [0.1, 0.15) is 0 Å². The Kier molecular flexibility index (Phi) is 5.27. The standard InChI is InChI=1S/C23H31NO2/c1-15(2)18-10-9-16(3)23(4,20(18)11-12-22(25)26)13-17-14-24-21-8-6-5-7-19(17)21/h5-8,14,16,20,24H,9-13H2,1-4H3,(H,25,26)/t16-,20-,23-/m1/s1. The first-order chi connectivity index (χ1) is 12.3. The highest BCUT2D eigenvalue weighted by molar-refractivity contribution is 5.83. The molecule has 0 saturated heterocycles. The Labute approximate surface area is 156 Å². The second-order valence-electron chi connectivity index (χ2n) is 8.49. The molecule has 1 aromatic carbocycles. The number of aromatic nitrogens is 1. The van der Waals surface area contributed by atoms with Crippen LogP contribution >= 0.6 is 0 Å². The van der Waals surface area contributed by atoms with Gasteiger partial charge in [0.2, 0.25) is 0 Å². The van der Waals surface area contributed by atoms with Crippen molar-refractivity contribution in [1.29, 1.82) is 0 Å². The minimum absolute atomic E-state index is 0.0747. The minimum atomic E-state index is -0.689. The molecule has 3 nitrogen and oxygen atoms in total. The number of hydrogen-bond donors (Lipinski definition) is 2. The fourth-order valence-corrected chi connectivity index (χ4v) is 4.97. The first-order valence-corrected chi connectivity index (χ1v) is 9.76. The third-order valence-corrected chi connectivity index (χ3v) is 6.72. The molecule has 0 radical (unpaired) electrons. The SMILES string of the molecule is CC(C)=C1CC[C@@H](C)[C@@](C)(Cc2c[nH]c3ccccc23)[C@@H]1CCC(=O)O. The van der Waals surface area contributed by atoms with Crippen LogP contribution in [0.2, 0.25) is 0 Å². The molecule has 140 valence electrons. The molecule has 0 spiro atoms. The average molecular weight is 354 g/mol. The van der Waals surface area contributed by atoms with Gasteiger partial charge in [-0.3, -0.25) is 4.79 Å². The summed E-state index contributed by atoms with van der Waals surface area (Å²) < 4.78 is 0. The highest BCUT2D eigenvalue weighted by Crippen LogP contribution is 2.52. The van der Waals surface area contributed by atoms with Crippen molar-refractivity contribution in [2.24, 2.45) is 17.3 Å². The van der Waals surface area contributed by atoms with E-state index in [1.165, 1.54) is 34.0 Å². The number of aliphatic carboxylic acids is 1. The summed E-state index contributed by atoms with van der Waals surface area (Å²) in [6, 6.07) is 8.46. The second-order valence-corrected chi connectivity index (χ2v) is 8.49. The molecular weight excluding hydrogens is 322 g/mol. The lowest BCUT2D eigenvalue weighted by Crippen LogP contribution is -2.41. The van der Waals surface area contributed by atoms with Crippen molar-refractivity contribution in [1.82, 2.24) is 4.98 Å². The van der Waals surface area contributed by atoms with Crippen LogP contribution in [0.1, 0.15) is 58.9 Å². The van der Waals surface area contributed by atoms with E-state index in [2.05, 4.69) is 63.1 Å². The predicted molar refractivity (Wildman–Crippen MR) is 107 cm³/mol. The summed E-state index contributed by atoms with van der Waals surface area (Å²) in [6.07, 6.45) is 6.41. The van der Waals surface area contributed by atoms with Gasteiger partial charge in [-0.05, 0) is 68.4 Å². The first-order valence-electron chi connectivity index (χ1n) is 9.76. The van der Waals surface area contributed by atoms with Crippen LogP contribution in [0.25, 0.3) is 10.9 Å². The Bertz CT molecular complexity index is 828. The molecule has 1 aliphatic carbocycles. The highest BCUT2D eigenvalue weighted by atomic mass is 16.4. The van der Waals surface area contributed by atoms with Crippen LogP contribution in [0.15, 0.2) is 41.6 Å². The van der Waals surface area contributed by atoms with E-state index in [-0.39, 0.29) is 11.8 Å². The number of nitrogens with one attached hydrogen (secondary N) is 1. The maximum Gasteiger partial charge on any atom is 0.303 e. The van der Waals surface area contributed by atoms with E-state index in [0.717, 1.165) is 19.3 Å². The number of para-hydroxylation sites is 1. The molecule has 1 aromatic heterocycles. The molecule has 0 amide bonds. The van der Waals surface area contributed by atoms with E-state index in [1.54, 1.807) is 0 Å². The fourth-order valence-electron chi connectivity index (χ4n) is 4.97. The number of benzene rings is 1. The van der Waals surface area contributed by atoms with E-state index in [9.17, 15) is 9.90 Å². The predicted octanol–water partition coefficient (Wildman–Crippen LogP) is 5.96. The van der Waals surface area contributed by atoms with E-state index in [4.69, 9.17) is 0 Å². The van der Waals surface area contributed by atoms with Crippen LogP contribution in [-0.4, -0.2) is 16.1 Å². The van der Waals surface area contributed by atoms with E-state index < -0.39 is 5.97 Å². The molecular formula is C23H31NO2. The average Bonchev–Trinajstić information content (AvgIpc) is 2.99. The molecule has 1 aliphatic rings. The van der Waals surface area contributed by atoms with Gasteiger partial charge in [-0.25, -0.2) is 0 Å². The lowest BCUT2D eigenvalue weighted by atomic mass is 9.56. The van der Waals surface area contributed by atoms with Gasteiger partial charge in [0.05, 0.1) is 0 Å². The first kappa shape index (κ1) is 18.8. The minimum Gasteiger partial charge on any atom is -0.481 e. The topological polar surface area (TPSA) is 53.1 Å². The molecule has 3 atom stereocenters. The maximum absolute atomic E-state index is 11.3. The summed E-state index contributed by atoms with van der Waals surface area (Å²) in [5.41, 5.74) is 5.47. The molecule has 2 N–H and O–H groups in total. The van der Waals surface area contributed by atoms with Crippen molar-refractivity contribution in [2.75, 3.05) is 0 Å². The van der Waals surface area contributed by atoms with Crippen molar-refractivity contribution in [3.63, 3.8) is 0 Å². The summed E-state index contributed by atoms with van der Waals surface area (Å²) >= 11 is 0. The van der Waals surface area contributed by atoms with Gasteiger partial charge in [-0.2, -0.15) is 0 Å². The summed E-state index contributed by atoms with van der Waals surface area (Å²) in [5.74, 6) is 0.213. The normalized spacial score (nSPS) is 26.2. The molecule has 0 bridgehead atoms. The lowest BCUT2D eigenvalue weighted by Gasteiger charge is -2.49. The largest absolute Gasteiger partial charge is 0.481 e. The number of carbonyl (C=O) groups is 1. The molecule has 2 aromatic rings. The zero-order chi connectivity index (χ0) is 18.9. The Balaban J connectivity index is 2.00. The van der Waals surface area contributed by atoms with E-state index in [1.807, 2.05) is 0 Å². The fraction of sp³-hybridized carbons (Fsp3) is 0.522. The number of hydrogen-bond acceptors (Lipinski definition) is 1. The van der Waals surface area contributed by atoms with Gasteiger partial charge in [-0.1, -0.05) is 43.2 Å². The molecule has 3 heteroatoms. The third-order valence-electron chi connectivity index (χ3n) is 6.72. The van der Waals surface area contributed by atoms with Crippen LogP contribution < -0.4 is 0 Å².